The molecule has 0 saturated carbocycles. The van der Waals surface area contributed by atoms with Gasteiger partial charge in [-0.05, 0) is 30.5 Å². The fourth-order valence-electron chi connectivity index (χ4n) is 2.47. The molecule has 0 aliphatic rings. The summed E-state index contributed by atoms with van der Waals surface area (Å²) >= 11 is 0. The summed E-state index contributed by atoms with van der Waals surface area (Å²) in [6.45, 7) is 2.25. The van der Waals surface area contributed by atoms with E-state index in [2.05, 4.69) is 29.6 Å². The number of hydrogen-bond acceptors (Lipinski definition) is 4. The molecule has 0 fully saturated rings. The number of nitriles is 1. The van der Waals surface area contributed by atoms with Crippen LogP contribution in [0.2, 0.25) is 0 Å². The zero-order valence-corrected chi connectivity index (χ0v) is 14.6. The van der Waals surface area contributed by atoms with Crippen LogP contribution in [-0.2, 0) is 6.42 Å². The van der Waals surface area contributed by atoms with Crippen LogP contribution in [-0.4, -0.2) is 11.5 Å². The molecular weight excluding hydrogens is 298 g/mol. The number of amidine groups is 1. The first kappa shape index (κ1) is 19.7. The molecule has 1 aromatic rings. The summed E-state index contributed by atoms with van der Waals surface area (Å²) in [5.74, 6) is -0.337. The quantitative estimate of drug-likeness (QED) is 0.226. The fourth-order valence-corrected chi connectivity index (χ4v) is 2.47. The van der Waals surface area contributed by atoms with Crippen molar-refractivity contribution < 1.29 is 0 Å². The minimum atomic E-state index is -0.337. The molecule has 0 aromatic heterocycles. The summed E-state index contributed by atoms with van der Waals surface area (Å²) in [7, 11) is 0. The van der Waals surface area contributed by atoms with E-state index in [0.717, 1.165) is 12.1 Å². The number of aryl methyl sites for hydroxylation is 1. The number of hydrazone groups is 1. The fraction of sp³-hybridized carbons (Fsp3) is 0.526. The van der Waals surface area contributed by atoms with E-state index in [1.165, 1.54) is 56.9 Å². The van der Waals surface area contributed by atoms with E-state index in [1.54, 1.807) is 6.07 Å². The van der Waals surface area contributed by atoms with Crippen molar-refractivity contribution in [2.45, 2.75) is 64.7 Å². The van der Waals surface area contributed by atoms with Crippen molar-refractivity contribution in [3.63, 3.8) is 0 Å². The average molecular weight is 327 g/mol. The van der Waals surface area contributed by atoms with Crippen LogP contribution in [0.1, 0.15) is 63.9 Å². The minimum absolute atomic E-state index is 0.113. The average Bonchev–Trinajstić information content (AvgIpc) is 2.58. The van der Waals surface area contributed by atoms with Crippen LogP contribution in [0.15, 0.2) is 29.4 Å². The number of hydrogen-bond donors (Lipinski definition) is 3. The van der Waals surface area contributed by atoms with Gasteiger partial charge in [-0.25, -0.2) is 0 Å². The highest BCUT2D eigenvalue weighted by Gasteiger charge is 2.01. The van der Waals surface area contributed by atoms with Crippen LogP contribution in [0.4, 0.5) is 5.69 Å². The minimum Gasteiger partial charge on any atom is -0.382 e. The maximum absolute atomic E-state index is 8.78. The molecule has 0 aliphatic heterocycles. The highest BCUT2D eigenvalue weighted by atomic mass is 15.3. The molecular formula is C19H29N5. The number of unbranched alkanes of at least 4 members (excludes halogenated alkanes) is 7. The Morgan fingerprint density at radius 3 is 2.21 bits per heavy atom. The molecule has 0 aliphatic carbocycles. The summed E-state index contributed by atoms with van der Waals surface area (Å²) in [6, 6.07) is 9.77. The maximum atomic E-state index is 8.78. The Hall–Kier alpha value is -2.35. The molecule has 5 nitrogen and oxygen atoms in total. The monoisotopic (exact) mass is 327 g/mol. The van der Waals surface area contributed by atoms with Gasteiger partial charge in [-0.3, -0.25) is 10.8 Å². The lowest BCUT2D eigenvalue weighted by Crippen LogP contribution is -2.21. The van der Waals surface area contributed by atoms with Gasteiger partial charge in [-0.15, -0.1) is 0 Å². The van der Waals surface area contributed by atoms with Crippen LogP contribution in [0.25, 0.3) is 0 Å². The van der Waals surface area contributed by atoms with E-state index in [9.17, 15) is 0 Å². The third kappa shape index (κ3) is 8.33. The van der Waals surface area contributed by atoms with Crippen molar-refractivity contribution >= 4 is 17.2 Å². The number of nitrogens with one attached hydrogen (secondary N) is 2. The van der Waals surface area contributed by atoms with Gasteiger partial charge < -0.3 is 5.73 Å². The largest absolute Gasteiger partial charge is 0.382 e. The van der Waals surface area contributed by atoms with Gasteiger partial charge in [0.15, 0.2) is 5.84 Å². The first-order valence-corrected chi connectivity index (χ1v) is 8.84. The Labute approximate surface area is 145 Å². The summed E-state index contributed by atoms with van der Waals surface area (Å²) < 4.78 is 0. The second-order valence-corrected chi connectivity index (χ2v) is 6.02. The number of nitrogens with zero attached hydrogens (tertiary/aromatic N) is 2. The van der Waals surface area contributed by atoms with Crippen molar-refractivity contribution in [2.75, 3.05) is 5.43 Å². The van der Waals surface area contributed by atoms with Crippen LogP contribution >= 0.6 is 0 Å². The molecule has 24 heavy (non-hydrogen) atoms. The van der Waals surface area contributed by atoms with Gasteiger partial charge in [0.2, 0.25) is 5.71 Å². The van der Waals surface area contributed by atoms with E-state index in [0.29, 0.717) is 0 Å². The lowest BCUT2D eigenvalue weighted by molar-refractivity contribution is 0.575. The third-order valence-corrected chi connectivity index (χ3v) is 3.93. The molecule has 0 bridgehead atoms. The van der Waals surface area contributed by atoms with Gasteiger partial charge in [0.1, 0.15) is 6.07 Å². The van der Waals surface area contributed by atoms with Crippen molar-refractivity contribution in [2.24, 2.45) is 10.8 Å². The summed E-state index contributed by atoms with van der Waals surface area (Å²) in [6.07, 6.45) is 11.7. The molecule has 0 atom stereocenters. The topological polar surface area (TPSA) is 98.0 Å². The molecule has 4 N–H and O–H groups in total. The third-order valence-electron chi connectivity index (χ3n) is 3.93. The number of rotatable bonds is 12. The van der Waals surface area contributed by atoms with Crippen LogP contribution in [0, 0.1) is 16.7 Å². The normalized spacial score (nSPS) is 11.1. The predicted octanol–water partition coefficient (Wildman–Crippen LogP) is 4.60. The molecule has 0 saturated heterocycles. The summed E-state index contributed by atoms with van der Waals surface area (Å²) in [4.78, 5) is 0. The highest BCUT2D eigenvalue weighted by molar-refractivity contribution is 6.45. The van der Waals surface area contributed by atoms with Crippen molar-refractivity contribution in [1.29, 1.82) is 10.7 Å². The SMILES string of the molecule is CCCCCCCCCCc1ccc(N/N=C(\C#N)C(=N)N)cc1. The highest BCUT2D eigenvalue weighted by Crippen LogP contribution is 2.14. The molecule has 1 rings (SSSR count). The van der Waals surface area contributed by atoms with E-state index in [-0.39, 0.29) is 11.5 Å². The van der Waals surface area contributed by atoms with Crippen LogP contribution in [0.3, 0.4) is 0 Å². The van der Waals surface area contributed by atoms with Crippen LogP contribution in [0.5, 0.6) is 0 Å². The first-order valence-electron chi connectivity index (χ1n) is 8.84. The maximum Gasteiger partial charge on any atom is 0.201 e. The number of anilines is 1. The van der Waals surface area contributed by atoms with Gasteiger partial charge in [-0.1, -0.05) is 64.0 Å². The number of nitrogens with two attached hydrogens (primary N) is 1. The zero-order valence-electron chi connectivity index (χ0n) is 14.6. The molecule has 0 amide bonds. The zero-order chi connectivity index (χ0) is 17.6. The molecule has 1 aromatic carbocycles. The summed E-state index contributed by atoms with van der Waals surface area (Å²) in [5.41, 5.74) is 9.96. The summed E-state index contributed by atoms with van der Waals surface area (Å²) in [5, 5.41) is 19.8. The van der Waals surface area contributed by atoms with E-state index < -0.39 is 0 Å². The molecule has 0 spiro atoms. The molecule has 130 valence electrons. The second kappa shape index (κ2) is 12.1. The Kier molecular flexibility index (Phi) is 9.95. The molecule has 0 radical (unpaired) electrons. The van der Waals surface area contributed by atoms with E-state index in [4.69, 9.17) is 16.4 Å². The molecule has 0 heterocycles. The van der Waals surface area contributed by atoms with Crippen LogP contribution < -0.4 is 11.2 Å². The molecule has 5 heteroatoms. The van der Waals surface area contributed by atoms with Gasteiger partial charge in [0.05, 0.1) is 5.69 Å². The standard InChI is InChI=1S/C19H29N5/c1-2-3-4-5-6-7-8-9-10-16-11-13-17(14-12-16)23-24-18(15-20)19(21)22/h11-14,23H,2-10H2,1H3,(H3,21,22)/b24-18+. The second-order valence-electron chi connectivity index (χ2n) is 6.02. The Bertz CT molecular complexity index is 554. The smallest absolute Gasteiger partial charge is 0.201 e. The lowest BCUT2D eigenvalue weighted by Gasteiger charge is -2.05. The van der Waals surface area contributed by atoms with Gasteiger partial charge >= 0.3 is 0 Å². The van der Waals surface area contributed by atoms with Gasteiger partial charge in [0, 0.05) is 0 Å². The van der Waals surface area contributed by atoms with Crippen molar-refractivity contribution in [3.05, 3.63) is 29.8 Å². The number of benzene rings is 1. The Balaban J connectivity index is 2.25. The van der Waals surface area contributed by atoms with Crippen molar-refractivity contribution in [3.8, 4) is 6.07 Å². The van der Waals surface area contributed by atoms with Gasteiger partial charge in [0.25, 0.3) is 0 Å². The molecule has 0 unspecified atom stereocenters. The Morgan fingerprint density at radius 2 is 1.67 bits per heavy atom. The van der Waals surface area contributed by atoms with E-state index in [1.807, 2.05) is 12.1 Å². The first-order chi connectivity index (χ1) is 11.7. The lowest BCUT2D eigenvalue weighted by atomic mass is 10.0. The predicted molar refractivity (Wildman–Crippen MR) is 101 cm³/mol. The van der Waals surface area contributed by atoms with Crippen molar-refractivity contribution in [1.82, 2.24) is 0 Å². The van der Waals surface area contributed by atoms with Gasteiger partial charge in [-0.2, -0.15) is 10.4 Å². The Morgan fingerprint density at radius 1 is 1.08 bits per heavy atom. The van der Waals surface area contributed by atoms with E-state index >= 15 is 0 Å².